The third kappa shape index (κ3) is 14.3. The maximum absolute atomic E-state index is 14.7. The summed E-state index contributed by atoms with van der Waals surface area (Å²) in [5.74, 6) is -0.824. The lowest BCUT2D eigenvalue weighted by molar-refractivity contribution is -0.185. The van der Waals surface area contributed by atoms with Crippen molar-refractivity contribution >= 4 is 29.4 Å². The van der Waals surface area contributed by atoms with Gasteiger partial charge in [0.2, 0.25) is 0 Å². The Labute approximate surface area is 275 Å². The first kappa shape index (κ1) is 37.6. The third-order valence-electron chi connectivity index (χ3n) is 6.83. The van der Waals surface area contributed by atoms with Crippen molar-refractivity contribution < 1.29 is 50.5 Å². The molecule has 0 bridgehead atoms. The number of benzene rings is 3. The van der Waals surface area contributed by atoms with Gasteiger partial charge in [0.1, 0.15) is 11.5 Å². The van der Waals surface area contributed by atoms with Gasteiger partial charge in [0.15, 0.2) is 0 Å². The van der Waals surface area contributed by atoms with Gasteiger partial charge in [-0.2, -0.15) is 22.0 Å². The maximum atomic E-state index is 14.7. The Morgan fingerprint density at radius 2 is 1.23 bits per heavy atom. The highest BCUT2D eigenvalue weighted by molar-refractivity contribution is 5.91. The average Bonchev–Trinajstić information content (AvgIpc) is 3.02. The van der Waals surface area contributed by atoms with E-state index in [9.17, 15) is 31.5 Å². The number of hydrogen-bond donors (Lipinski definition) is 2. The minimum atomic E-state index is -4.18. The normalized spacial score (nSPS) is 11.8. The van der Waals surface area contributed by atoms with Gasteiger partial charge in [-0.05, 0) is 111 Å². The molecule has 0 aliphatic rings. The van der Waals surface area contributed by atoms with Crippen molar-refractivity contribution in [2.45, 2.75) is 63.7 Å². The van der Waals surface area contributed by atoms with Crippen molar-refractivity contribution in [3.05, 3.63) is 89.5 Å². The number of unbranched alkanes of at least 4 members (excludes halogenated alkanes) is 5. The number of anilines is 2. The Morgan fingerprint density at radius 1 is 0.667 bits per heavy atom. The van der Waals surface area contributed by atoms with Gasteiger partial charge < -0.3 is 30.4 Å². The largest absolute Gasteiger partial charge is 0.494 e. The molecule has 48 heavy (non-hydrogen) atoms. The fourth-order valence-corrected chi connectivity index (χ4v) is 4.38. The molecule has 0 saturated heterocycles. The van der Waals surface area contributed by atoms with Crippen molar-refractivity contribution in [1.29, 1.82) is 0 Å². The van der Waals surface area contributed by atoms with Crippen molar-refractivity contribution in [2.24, 2.45) is 0 Å². The highest BCUT2D eigenvalue weighted by atomic mass is 19.4. The Hall–Kier alpha value is -4.81. The van der Waals surface area contributed by atoms with E-state index in [1.165, 1.54) is 60.7 Å². The number of carbonyl (C=O) groups excluding carboxylic acids is 2. The molecule has 3 aromatic rings. The van der Waals surface area contributed by atoms with E-state index in [1.807, 2.05) is 0 Å². The van der Waals surface area contributed by atoms with Crippen LogP contribution in [-0.2, 0) is 20.4 Å². The fraction of sp³-hybridized carbons (Fsp3) is 0.371. The predicted octanol–water partition coefficient (Wildman–Crippen LogP) is 8.45. The first-order chi connectivity index (χ1) is 22.8. The van der Waals surface area contributed by atoms with Crippen LogP contribution in [0.2, 0.25) is 0 Å². The van der Waals surface area contributed by atoms with Crippen LogP contribution in [0.3, 0.4) is 0 Å². The highest BCUT2D eigenvalue weighted by Gasteiger charge is 2.34. The van der Waals surface area contributed by atoms with Crippen LogP contribution in [-0.4, -0.2) is 37.9 Å². The summed E-state index contributed by atoms with van der Waals surface area (Å²) < 4.78 is 86.7. The number of rotatable bonds is 19. The number of halogens is 5. The lowest BCUT2D eigenvalue weighted by Crippen LogP contribution is -2.21. The van der Waals surface area contributed by atoms with Crippen LogP contribution in [0.25, 0.3) is 6.08 Å². The molecule has 0 fully saturated rings. The summed E-state index contributed by atoms with van der Waals surface area (Å²) in [4.78, 5) is 24.1. The number of alkyl halides is 5. The van der Waals surface area contributed by atoms with Crippen LogP contribution in [0.5, 0.6) is 11.5 Å². The zero-order valence-corrected chi connectivity index (χ0v) is 26.3. The monoisotopic (exact) mass is 678 g/mol. The number of ether oxygens (including phenoxy) is 4. The van der Waals surface area contributed by atoms with E-state index in [0.717, 1.165) is 25.0 Å². The molecule has 3 rings (SSSR count). The van der Waals surface area contributed by atoms with Crippen molar-refractivity contribution in [3.63, 3.8) is 0 Å². The van der Waals surface area contributed by atoms with Gasteiger partial charge >= 0.3 is 24.2 Å². The van der Waals surface area contributed by atoms with E-state index in [2.05, 4.69) is 0 Å². The highest BCUT2D eigenvalue weighted by Crippen LogP contribution is 2.33. The van der Waals surface area contributed by atoms with Crippen LogP contribution < -0.4 is 20.9 Å². The SMILES string of the molecule is Nc1cc(N)cc(C(=O)OCCCCCCOC(=O)C=Cc2ccc(OC(F)(F)c3ccc(OCCCCCC(F)(F)F)cc3)cc2)c1. The van der Waals surface area contributed by atoms with Crippen molar-refractivity contribution in [1.82, 2.24) is 0 Å². The standard InChI is InChI=1S/C35H39F5N2O6/c36-34(37,38)18-4-3-7-19-45-30-15-11-27(12-16-30)35(39,40)48-31-13-8-25(9-14-31)10-17-32(43)46-20-5-1-2-6-21-47-33(44)26-22-28(41)24-29(42)23-26/h8-17,22-24H,1-7,18-21,41-42H2. The number of esters is 2. The molecule has 0 aliphatic heterocycles. The molecule has 0 spiro atoms. The molecular weight excluding hydrogens is 639 g/mol. The van der Waals surface area contributed by atoms with E-state index >= 15 is 0 Å². The first-order valence-corrected chi connectivity index (χ1v) is 15.5. The summed E-state index contributed by atoms with van der Waals surface area (Å²) in [6.45, 7) is 0.629. The summed E-state index contributed by atoms with van der Waals surface area (Å²) in [6.07, 6.45) is -2.37. The Morgan fingerprint density at radius 3 is 1.85 bits per heavy atom. The second-order valence-corrected chi connectivity index (χ2v) is 10.9. The van der Waals surface area contributed by atoms with Crippen LogP contribution in [0.1, 0.15) is 72.9 Å². The molecular formula is C35H39F5N2O6. The zero-order chi connectivity index (χ0) is 35.0. The van der Waals surface area contributed by atoms with Gasteiger partial charge in [-0.1, -0.05) is 12.1 Å². The molecule has 4 N–H and O–H groups in total. The summed E-state index contributed by atoms with van der Waals surface area (Å²) in [6, 6.07) is 15.2. The molecule has 260 valence electrons. The van der Waals surface area contributed by atoms with Crippen molar-refractivity contribution in [3.8, 4) is 11.5 Å². The van der Waals surface area contributed by atoms with Crippen LogP contribution >= 0.6 is 0 Å². The van der Waals surface area contributed by atoms with Crippen LogP contribution in [0.4, 0.5) is 33.3 Å². The molecule has 0 saturated carbocycles. The number of nitrogens with two attached hydrogens (primary N) is 2. The van der Waals surface area contributed by atoms with Crippen LogP contribution in [0.15, 0.2) is 72.8 Å². The van der Waals surface area contributed by atoms with Gasteiger partial charge in [-0.25, -0.2) is 9.59 Å². The Balaban J connectivity index is 1.29. The molecule has 0 aliphatic carbocycles. The van der Waals surface area contributed by atoms with E-state index in [1.54, 1.807) is 6.07 Å². The summed E-state index contributed by atoms with van der Waals surface area (Å²) in [5, 5.41) is 0. The van der Waals surface area contributed by atoms with E-state index in [4.69, 9.17) is 30.4 Å². The van der Waals surface area contributed by atoms with Crippen LogP contribution in [0, 0.1) is 0 Å². The molecule has 0 radical (unpaired) electrons. The Kier molecular flexibility index (Phi) is 14.5. The smallest absolute Gasteiger partial charge is 0.426 e. The topological polar surface area (TPSA) is 123 Å². The average molecular weight is 679 g/mol. The van der Waals surface area contributed by atoms with E-state index in [-0.39, 0.29) is 32.0 Å². The van der Waals surface area contributed by atoms with E-state index in [0.29, 0.717) is 53.9 Å². The first-order valence-electron chi connectivity index (χ1n) is 15.5. The molecule has 0 unspecified atom stereocenters. The fourth-order valence-electron chi connectivity index (χ4n) is 4.38. The molecule has 0 aromatic heterocycles. The minimum Gasteiger partial charge on any atom is -0.494 e. The summed E-state index contributed by atoms with van der Waals surface area (Å²) in [7, 11) is 0. The van der Waals surface area contributed by atoms with Gasteiger partial charge in [0.25, 0.3) is 0 Å². The van der Waals surface area contributed by atoms with Gasteiger partial charge in [0, 0.05) is 23.9 Å². The van der Waals surface area contributed by atoms with Gasteiger partial charge in [0.05, 0.1) is 30.9 Å². The second-order valence-electron chi connectivity index (χ2n) is 10.9. The molecule has 0 heterocycles. The molecule has 8 nitrogen and oxygen atoms in total. The zero-order valence-electron chi connectivity index (χ0n) is 26.3. The molecule has 0 atom stereocenters. The predicted molar refractivity (Wildman–Crippen MR) is 171 cm³/mol. The number of hydrogen-bond acceptors (Lipinski definition) is 8. The lowest BCUT2D eigenvalue weighted by atomic mass is 10.2. The van der Waals surface area contributed by atoms with E-state index < -0.39 is 36.2 Å². The maximum Gasteiger partial charge on any atom is 0.426 e. The van der Waals surface area contributed by atoms with Crippen molar-refractivity contribution in [2.75, 3.05) is 31.3 Å². The Bertz CT molecular complexity index is 1460. The molecule has 13 heteroatoms. The van der Waals surface area contributed by atoms with Gasteiger partial charge in [-0.15, -0.1) is 0 Å². The molecule has 3 aromatic carbocycles. The number of carbonyl (C=O) groups is 2. The summed E-state index contributed by atoms with van der Waals surface area (Å²) in [5.41, 5.74) is 12.6. The van der Waals surface area contributed by atoms with Gasteiger partial charge in [-0.3, -0.25) is 0 Å². The number of nitrogen functional groups attached to an aromatic ring is 2. The lowest BCUT2D eigenvalue weighted by Gasteiger charge is -2.18. The molecule has 0 amide bonds. The minimum absolute atomic E-state index is 0.00925. The second kappa shape index (κ2) is 18.5. The third-order valence-corrected chi connectivity index (χ3v) is 6.83. The summed E-state index contributed by atoms with van der Waals surface area (Å²) >= 11 is 0. The quantitative estimate of drug-likeness (QED) is 0.0426.